The van der Waals surface area contributed by atoms with Crippen LogP contribution in [0, 0.1) is 0 Å². The average molecular weight is 337 g/mol. The van der Waals surface area contributed by atoms with Crippen molar-refractivity contribution in [3.8, 4) is 0 Å². The Labute approximate surface area is 134 Å². The van der Waals surface area contributed by atoms with Gasteiger partial charge < -0.3 is 10.2 Å². The third-order valence-electron chi connectivity index (χ3n) is 4.48. The summed E-state index contributed by atoms with van der Waals surface area (Å²) in [6.45, 7) is 0.0386. The molecule has 1 aromatic rings. The van der Waals surface area contributed by atoms with Crippen LogP contribution in [0.5, 0.6) is 0 Å². The van der Waals surface area contributed by atoms with Crippen molar-refractivity contribution in [1.29, 1.82) is 0 Å². The molecule has 2 aliphatic rings. The van der Waals surface area contributed by atoms with Gasteiger partial charge in [0.25, 0.3) is 5.91 Å². The van der Waals surface area contributed by atoms with E-state index in [0.717, 1.165) is 25.7 Å². The second-order valence-corrected chi connectivity index (χ2v) is 7.59. The molecule has 124 valence electrons. The van der Waals surface area contributed by atoms with Crippen LogP contribution in [0.25, 0.3) is 0 Å². The molecule has 0 unspecified atom stereocenters. The number of primary sulfonamides is 1. The molecule has 2 atom stereocenters. The highest BCUT2D eigenvalue weighted by Gasteiger charge is 2.39. The van der Waals surface area contributed by atoms with Crippen molar-refractivity contribution >= 4 is 21.8 Å². The minimum absolute atomic E-state index is 0.00636. The quantitative estimate of drug-likeness (QED) is 0.804. The highest BCUT2D eigenvalue weighted by atomic mass is 32.2. The summed E-state index contributed by atoms with van der Waals surface area (Å²) in [6.07, 6.45) is 3.83. The summed E-state index contributed by atoms with van der Waals surface area (Å²) < 4.78 is 22.6. The van der Waals surface area contributed by atoms with Crippen LogP contribution in [-0.2, 0) is 14.8 Å². The Kier molecular flexibility index (Phi) is 4.11. The van der Waals surface area contributed by atoms with Gasteiger partial charge in [-0.3, -0.25) is 9.59 Å². The Morgan fingerprint density at radius 3 is 2.48 bits per heavy atom. The zero-order chi connectivity index (χ0) is 16.6. The number of nitrogens with two attached hydrogens (primary N) is 1. The van der Waals surface area contributed by atoms with E-state index >= 15 is 0 Å². The van der Waals surface area contributed by atoms with Gasteiger partial charge in [0, 0.05) is 11.6 Å². The SMILES string of the molecule is NS(=O)(=O)c1ccc(C(=O)N2CC(=O)N[C@H]3CCCC[C@@H]32)cc1. The van der Waals surface area contributed by atoms with Crippen molar-refractivity contribution in [2.75, 3.05) is 6.54 Å². The fourth-order valence-corrected chi connectivity index (χ4v) is 3.87. The Bertz CT molecular complexity index is 730. The smallest absolute Gasteiger partial charge is 0.254 e. The molecule has 0 aromatic heterocycles. The van der Waals surface area contributed by atoms with Gasteiger partial charge in [0.2, 0.25) is 15.9 Å². The molecule has 2 fully saturated rings. The first kappa shape index (κ1) is 15.9. The van der Waals surface area contributed by atoms with Gasteiger partial charge in [-0.1, -0.05) is 12.8 Å². The Hall–Kier alpha value is -1.93. The molecule has 8 heteroatoms. The lowest BCUT2D eigenvalue weighted by molar-refractivity contribution is -0.127. The number of rotatable bonds is 2. The van der Waals surface area contributed by atoms with E-state index in [1.807, 2.05) is 0 Å². The second-order valence-electron chi connectivity index (χ2n) is 6.03. The predicted octanol–water partition coefficient (Wildman–Crippen LogP) is 0.217. The topological polar surface area (TPSA) is 110 Å². The molecule has 0 spiro atoms. The first-order chi connectivity index (χ1) is 10.9. The van der Waals surface area contributed by atoms with Gasteiger partial charge in [0.15, 0.2) is 0 Å². The number of hydrogen-bond donors (Lipinski definition) is 2. The second kappa shape index (κ2) is 5.93. The predicted molar refractivity (Wildman–Crippen MR) is 83.0 cm³/mol. The summed E-state index contributed by atoms with van der Waals surface area (Å²) in [5, 5.41) is 8.01. The van der Waals surface area contributed by atoms with E-state index in [1.165, 1.54) is 24.3 Å². The molecule has 1 aliphatic heterocycles. The summed E-state index contributed by atoms with van der Waals surface area (Å²) >= 11 is 0. The summed E-state index contributed by atoms with van der Waals surface area (Å²) in [5.74, 6) is -0.402. The molecule has 0 bridgehead atoms. The van der Waals surface area contributed by atoms with E-state index in [0.29, 0.717) is 5.56 Å². The Balaban J connectivity index is 1.84. The van der Waals surface area contributed by atoms with Gasteiger partial charge in [-0.2, -0.15) is 0 Å². The van der Waals surface area contributed by atoms with Gasteiger partial charge in [0.05, 0.1) is 10.9 Å². The molecule has 1 aliphatic carbocycles. The molecule has 1 heterocycles. The van der Waals surface area contributed by atoms with E-state index in [4.69, 9.17) is 5.14 Å². The monoisotopic (exact) mass is 337 g/mol. The molecule has 2 amide bonds. The van der Waals surface area contributed by atoms with Gasteiger partial charge in [-0.05, 0) is 37.1 Å². The highest BCUT2D eigenvalue weighted by Crippen LogP contribution is 2.27. The molecule has 0 radical (unpaired) electrons. The van der Waals surface area contributed by atoms with Crippen LogP contribution in [-0.4, -0.2) is 43.8 Å². The number of carbonyl (C=O) groups is 2. The summed E-state index contributed by atoms with van der Waals surface area (Å²) in [6, 6.07) is 5.51. The van der Waals surface area contributed by atoms with Crippen LogP contribution in [0.2, 0.25) is 0 Å². The standard InChI is InChI=1S/C15H19N3O4S/c16-23(21,22)11-7-5-10(6-8-11)15(20)18-9-14(19)17-12-3-1-2-4-13(12)18/h5-8,12-13H,1-4,9H2,(H,17,19)(H2,16,21,22)/t12-,13-/m0/s1. The molecule has 1 saturated heterocycles. The zero-order valence-electron chi connectivity index (χ0n) is 12.6. The maximum Gasteiger partial charge on any atom is 0.254 e. The molecule has 7 nitrogen and oxygen atoms in total. The van der Waals surface area contributed by atoms with Crippen LogP contribution in [0.4, 0.5) is 0 Å². The molecule has 1 aromatic carbocycles. The van der Waals surface area contributed by atoms with Crippen LogP contribution in [0.3, 0.4) is 0 Å². The molecule has 1 saturated carbocycles. The van der Waals surface area contributed by atoms with Crippen molar-refractivity contribution in [2.45, 2.75) is 42.7 Å². The van der Waals surface area contributed by atoms with E-state index in [2.05, 4.69) is 5.32 Å². The lowest BCUT2D eigenvalue weighted by atomic mass is 9.87. The number of benzene rings is 1. The minimum Gasteiger partial charge on any atom is -0.350 e. The Morgan fingerprint density at radius 2 is 1.83 bits per heavy atom. The summed E-state index contributed by atoms with van der Waals surface area (Å²) in [4.78, 5) is 26.1. The molecule has 3 rings (SSSR count). The van der Waals surface area contributed by atoms with Gasteiger partial charge in [0.1, 0.15) is 6.54 Å². The van der Waals surface area contributed by atoms with E-state index in [9.17, 15) is 18.0 Å². The number of nitrogens with one attached hydrogen (secondary N) is 1. The molecule has 23 heavy (non-hydrogen) atoms. The number of nitrogens with zero attached hydrogens (tertiary/aromatic N) is 1. The van der Waals surface area contributed by atoms with Crippen molar-refractivity contribution in [3.05, 3.63) is 29.8 Å². The summed E-state index contributed by atoms with van der Waals surface area (Å²) in [5.41, 5.74) is 0.358. The third-order valence-corrected chi connectivity index (χ3v) is 5.41. The lowest BCUT2D eigenvalue weighted by Crippen LogP contribution is -2.62. The number of piperazine rings is 1. The normalized spacial score (nSPS) is 24.7. The van der Waals surface area contributed by atoms with Gasteiger partial charge in [-0.25, -0.2) is 13.6 Å². The van der Waals surface area contributed by atoms with E-state index in [-0.39, 0.29) is 35.3 Å². The highest BCUT2D eigenvalue weighted by molar-refractivity contribution is 7.89. The number of fused-ring (bicyclic) bond motifs is 1. The number of carbonyl (C=O) groups excluding carboxylic acids is 2. The van der Waals surface area contributed by atoms with Crippen LogP contribution < -0.4 is 10.5 Å². The fraction of sp³-hybridized carbons (Fsp3) is 0.467. The summed E-state index contributed by atoms with van der Waals surface area (Å²) in [7, 11) is -3.79. The zero-order valence-corrected chi connectivity index (χ0v) is 13.4. The van der Waals surface area contributed by atoms with Crippen molar-refractivity contribution in [2.24, 2.45) is 5.14 Å². The molecular weight excluding hydrogens is 318 g/mol. The first-order valence-electron chi connectivity index (χ1n) is 7.59. The molecule has 3 N–H and O–H groups in total. The van der Waals surface area contributed by atoms with Crippen LogP contribution in [0.1, 0.15) is 36.0 Å². The fourth-order valence-electron chi connectivity index (χ4n) is 3.35. The maximum atomic E-state index is 12.7. The maximum absolute atomic E-state index is 12.7. The van der Waals surface area contributed by atoms with Gasteiger partial charge >= 0.3 is 0 Å². The van der Waals surface area contributed by atoms with E-state index in [1.54, 1.807) is 4.90 Å². The van der Waals surface area contributed by atoms with Gasteiger partial charge in [-0.15, -0.1) is 0 Å². The van der Waals surface area contributed by atoms with Crippen molar-refractivity contribution < 1.29 is 18.0 Å². The minimum atomic E-state index is -3.79. The number of amides is 2. The number of sulfonamides is 1. The number of hydrogen-bond acceptors (Lipinski definition) is 4. The van der Waals surface area contributed by atoms with Crippen LogP contribution >= 0.6 is 0 Å². The van der Waals surface area contributed by atoms with Crippen LogP contribution in [0.15, 0.2) is 29.2 Å². The largest absolute Gasteiger partial charge is 0.350 e. The van der Waals surface area contributed by atoms with Crippen molar-refractivity contribution in [3.63, 3.8) is 0 Å². The lowest BCUT2D eigenvalue weighted by Gasteiger charge is -2.44. The molecular formula is C15H19N3O4S. The average Bonchev–Trinajstić information content (AvgIpc) is 2.52. The first-order valence-corrected chi connectivity index (χ1v) is 9.14. The van der Waals surface area contributed by atoms with Crippen molar-refractivity contribution in [1.82, 2.24) is 10.2 Å². The third kappa shape index (κ3) is 3.23. The Morgan fingerprint density at radius 1 is 1.17 bits per heavy atom. The van der Waals surface area contributed by atoms with E-state index < -0.39 is 10.0 Å².